The van der Waals surface area contributed by atoms with E-state index in [4.69, 9.17) is 5.73 Å². The molecule has 1 saturated carbocycles. The van der Waals surface area contributed by atoms with Crippen LogP contribution in [0.5, 0.6) is 0 Å². The number of nitrogens with one attached hydrogen (secondary N) is 2. The Morgan fingerprint density at radius 1 is 1.08 bits per heavy atom. The van der Waals surface area contributed by atoms with E-state index in [9.17, 15) is 32.7 Å². The van der Waals surface area contributed by atoms with Crippen molar-refractivity contribution in [3.05, 3.63) is 65.7 Å². The Morgan fingerprint density at radius 2 is 1.86 bits per heavy atom. The van der Waals surface area contributed by atoms with Crippen molar-refractivity contribution < 1.29 is 32.7 Å². The maximum atomic E-state index is 14.3. The van der Waals surface area contributed by atoms with Gasteiger partial charge in [-0.15, -0.1) is 0 Å². The largest absolute Gasteiger partial charge is 0.374 e. The van der Waals surface area contributed by atoms with Crippen LogP contribution in [0.25, 0.3) is 5.65 Å². The van der Waals surface area contributed by atoms with Crippen LogP contribution < -0.4 is 26.2 Å². The molecule has 4 atom stereocenters. The molecule has 3 aromatic heterocycles. The Morgan fingerprint density at radius 3 is 2.59 bits per heavy atom. The minimum absolute atomic E-state index is 0.0626. The first-order valence-electron chi connectivity index (χ1n) is 20.6. The topological polar surface area (TPSA) is 179 Å². The number of aromatic nitrogens is 5. The minimum Gasteiger partial charge on any atom is -0.374 e. The van der Waals surface area contributed by atoms with Crippen molar-refractivity contribution >= 4 is 40.6 Å². The van der Waals surface area contributed by atoms with Gasteiger partial charge in [-0.2, -0.15) is 10.2 Å². The first-order valence-corrected chi connectivity index (χ1v) is 20.6. The number of aliphatic hydroxyl groups is 1. The second kappa shape index (κ2) is 17.2. The maximum absolute atomic E-state index is 14.3. The van der Waals surface area contributed by atoms with Crippen molar-refractivity contribution in [2.45, 2.75) is 94.6 Å². The number of hydrogen-bond acceptors (Lipinski definition) is 10. The van der Waals surface area contributed by atoms with Crippen molar-refractivity contribution in [1.82, 2.24) is 34.6 Å². The summed E-state index contributed by atoms with van der Waals surface area (Å²) in [5.74, 6) is -0.128. The van der Waals surface area contributed by atoms with Gasteiger partial charge in [0.15, 0.2) is 11.3 Å². The van der Waals surface area contributed by atoms with E-state index in [1.807, 2.05) is 17.0 Å². The van der Waals surface area contributed by atoms with Gasteiger partial charge in [0, 0.05) is 75.6 Å². The predicted octanol–water partition coefficient (Wildman–Crippen LogP) is 4.41. The van der Waals surface area contributed by atoms with Gasteiger partial charge in [0.1, 0.15) is 23.8 Å². The van der Waals surface area contributed by atoms with Crippen molar-refractivity contribution in [2.24, 2.45) is 17.6 Å². The van der Waals surface area contributed by atoms with E-state index in [0.717, 1.165) is 30.6 Å². The fourth-order valence-corrected chi connectivity index (χ4v) is 9.29. The number of anilines is 3. The SMILES string of the molecule is CN(CC1CCN(C(=O)C2CCC(n3cc(NC(=O)c4cnn5ccc(N6C[C@H](N)C[C@@H](F)C6)nc45)c(C(F)F)n3)CC2)CC1)c1cccc(C2CCC(=O)NC2O)c1. The van der Waals surface area contributed by atoms with Crippen LogP contribution in [-0.2, 0) is 9.59 Å². The standard InChI is InChI=1S/C41H52F3N11O4/c1-51(30-4-2-3-26(17-30)31-9-10-35(56)49-39(31)57)20-24-11-14-52(15-12-24)41(59)25-5-7-29(8-6-25)55-23-33(36(50-55)37(43)44)47-40(58)32-19-46-54-16-13-34(48-38(32)54)53-21-27(42)18-28(45)22-53/h2-4,13,16-17,19,23-25,27-29,31,37,39,57H,5-12,14-15,18,20-22,45H2,1H3,(H,47,58)(H,49,56)/t25?,27-,28-,29?,31?,39?/m1/s1. The summed E-state index contributed by atoms with van der Waals surface area (Å²) < 4.78 is 45.7. The third kappa shape index (κ3) is 8.88. The molecule has 1 aliphatic carbocycles. The van der Waals surface area contributed by atoms with Crippen molar-refractivity contribution in [3.63, 3.8) is 0 Å². The van der Waals surface area contributed by atoms with E-state index in [1.165, 1.54) is 21.6 Å². The summed E-state index contributed by atoms with van der Waals surface area (Å²) >= 11 is 0. The van der Waals surface area contributed by atoms with Crippen LogP contribution in [0, 0.1) is 11.8 Å². The molecule has 59 heavy (non-hydrogen) atoms. The predicted molar refractivity (Wildman–Crippen MR) is 214 cm³/mol. The van der Waals surface area contributed by atoms with E-state index in [2.05, 4.69) is 49.9 Å². The molecule has 3 aliphatic heterocycles. The average Bonchev–Trinajstić information content (AvgIpc) is 3.85. The highest BCUT2D eigenvalue weighted by molar-refractivity contribution is 6.08. The zero-order valence-corrected chi connectivity index (χ0v) is 33.1. The third-order valence-corrected chi connectivity index (χ3v) is 12.6. The van der Waals surface area contributed by atoms with Crippen LogP contribution in [0.2, 0.25) is 0 Å². The molecule has 5 N–H and O–H groups in total. The summed E-state index contributed by atoms with van der Waals surface area (Å²) in [5.41, 5.74) is 7.66. The monoisotopic (exact) mass is 819 g/mol. The molecule has 6 heterocycles. The lowest BCUT2D eigenvalue weighted by atomic mass is 9.84. The third-order valence-electron chi connectivity index (χ3n) is 12.6. The number of alkyl halides is 3. The van der Waals surface area contributed by atoms with Gasteiger partial charge in [-0.3, -0.25) is 19.1 Å². The number of aliphatic hydroxyl groups excluding tert-OH is 1. The molecule has 4 fully saturated rings. The Labute approximate surface area is 340 Å². The van der Waals surface area contributed by atoms with Crippen LogP contribution in [0.1, 0.15) is 97.8 Å². The maximum Gasteiger partial charge on any atom is 0.284 e. The first kappa shape index (κ1) is 40.5. The molecule has 3 saturated heterocycles. The number of benzene rings is 1. The molecular formula is C41H52F3N11O4. The summed E-state index contributed by atoms with van der Waals surface area (Å²) in [6.45, 7) is 2.72. The van der Waals surface area contributed by atoms with Gasteiger partial charge in [-0.25, -0.2) is 22.7 Å². The number of likely N-dealkylation sites (tertiary alicyclic amines) is 1. The van der Waals surface area contributed by atoms with Crippen molar-refractivity contribution in [1.29, 1.82) is 0 Å². The van der Waals surface area contributed by atoms with E-state index >= 15 is 0 Å². The van der Waals surface area contributed by atoms with E-state index < -0.39 is 30.4 Å². The molecule has 0 spiro atoms. The second-order valence-electron chi connectivity index (χ2n) is 16.7. The van der Waals surface area contributed by atoms with Gasteiger partial charge >= 0.3 is 0 Å². The molecule has 15 nitrogen and oxygen atoms in total. The molecule has 8 rings (SSSR count). The quantitative estimate of drug-likeness (QED) is 0.179. The van der Waals surface area contributed by atoms with Gasteiger partial charge < -0.3 is 36.2 Å². The second-order valence-corrected chi connectivity index (χ2v) is 16.7. The highest BCUT2D eigenvalue weighted by atomic mass is 19.3. The summed E-state index contributed by atoms with van der Waals surface area (Å²) in [4.78, 5) is 49.3. The number of rotatable bonds is 10. The smallest absolute Gasteiger partial charge is 0.284 e. The van der Waals surface area contributed by atoms with Crippen molar-refractivity contribution in [2.75, 3.05) is 54.9 Å². The molecule has 2 unspecified atom stereocenters. The Balaban J connectivity index is 0.836. The highest BCUT2D eigenvalue weighted by Crippen LogP contribution is 2.37. The number of amides is 3. The highest BCUT2D eigenvalue weighted by Gasteiger charge is 2.34. The number of halogens is 3. The number of carbonyl (C=O) groups is 3. The lowest BCUT2D eigenvalue weighted by Crippen LogP contribution is -2.48. The van der Waals surface area contributed by atoms with Gasteiger partial charge in [0.2, 0.25) is 11.8 Å². The van der Waals surface area contributed by atoms with Crippen LogP contribution >= 0.6 is 0 Å². The molecule has 4 aromatic rings. The number of nitrogens with two attached hydrogens (primary N) is 1. The molecule has 0 bridgehead atoms. The number of piperidine rings is 3. The number of nitrogens with zero attached hydrogens (tertiary/aromatic N) is 8. The fraction of sp³-hybridized carbons (Fsp3) is 0.561. The van der Waals surface area contributed by atoms with Crippen LogP contribution in [0.15, 0.2) is 48.9 Å². The normalized spacial score (nSPS) is 25.6. The van der Waals surface area contributed by atoms with Gasteiger partial charge in [0.05, 0.1) is 24.5 Å². The van der Waals surface area contributed by atoms with Crippen LogP contribution in [-0.4, -0.2) is 110 Å². The van der Waals surface area contributed by atoms with Crippen LogP contribution in [0.4, 0.5) is 30.4 Å². The molecule has 18 heteroatoms. The Hall–Kier alpha value is -5.23. The molecular weight excluding hydrogens is 768 g/mol. The van der Waals surface area contributed by atoms with Gasteiger partial charge in [-0.1, -0.05) is 12.1 Å². The summed E-state index contributed by atoms with van der Waals surface area (Å²) in [6.07, 6.45) is 4.80. The fourth-order valence-electron chi connectivity index (χ4n) is 9.29. The van der Waals surface area contributed by atoms with E-state index in [0.29, 0.717) is 69.9 Å². The Bertz CT molecular complexity index is 2140. The van der Waals surface area contributed by atoms with E-state index in [1.54, 1.807) is 17.2 Å². The number of carbonyl (C=O) groups excluding carboxylic acids is 3. The summed E-state index contributed by atoms with van der Waals surface area (Å²) in [6, 6.07) is 9.20. The zero-order chi connectivity index (χ0) is 41.4. The summed E-state index contributed by atoms with van der Waals surface area (Å²) in [5, 5.41) is 24.1. The molecule has 0 radical (unpaired) electrons. The lowest BCUT2D eigenvalue weighted by molar-refractivity contribution is -0.138. The molecule has 1 aromatic carbocycles. The minimum atomic E-state index is -2.94. The van der Waals surface area contributed by atoms with E-state index in [-0.39, 0.29) is 65.6 Å². The lowest BCUT2D eigenvalue weighted by Gasteiger charge is -2.37. The molecule has 316 valence electrons. The summed E-state index contributed by atoms with van der Waals surface area (Å²) in [7, 11) is 2.06. The number of fused-ring (bicyclic) bond motifs is 1. The van der Waals surface area contributed by atoms with Crippen LogP contribution in [0.3, 0.4) is 0 Å². The number of hydrogen-bond donors (Lipinski definition) is 4. The van der Waals surface area contributed by atoms with Gasteiger partial charge in [0.25, 0.3) is 12.3 Å². The molecule has 4 aliphatic rings. The molecule has 3 amide bonds. The average molecular weight is 820 g/mol. The zero-order valence-electron chi connectivity index (χ0n) is 33.1. The van der Waals surface area contributed by atoms with Crippen molar-refractivity contribution in [3.8, 4) is 0 Å². The van der Waals surface area contributed by atoms with Gasteiger partial charge in [-0.05, 0) is 81.0 Å². The first-order chi connectivity index (χ1) is 28.4. The Kier molecular flexibility index (Phi) is 11.8.